The van der Waals surface area contributed by atoms with E-state index in [0.29, 0.717) is 11.6 Å². The molecule has 0 spiro atoms. The van der Waals surface area contributed by atoms with Crippen molar-refractivity contribution in [1.82, 2.24) is 5.43 Å². The quantitative estimate of drug-likeness (QED) is 0.628. The fourth-order valence-electron chi connectivity index (χ4n) is 2.08. The molecule has 0 saturated carbocycles. The number of ether oxygens (including phenoxy) is 1. The standard InChI is InChI=1S/C15H16BrClN2O/c1-2-20-14-5-3-4-10(8-14)15(19-18)11-6-12(16)9-13(17)7-11/h3-9,15,19H,2,18H2,1H3. The number of hydrogen-bond donors (Lipinski definition) is 2. The highest BCUT2D eigenvalue weighted by molar-refractivity contribution is 9.10. The minimum Gasteiger partial charge on any atom is -0.494 e. The topological polar surface area (TPSA) is 47.3 Å². The average Bonchev–Trinajstić information content (AvgIpc) is 2.39. The van der Waals surface area contributed by atoms with Crippen molar-refractivity contribution in [2.45, 2.75) is 13.0 Å². The van der Waals surface area contributed by atoms with Gasteiger partial charge in [0.15, 0.2) is 0 Å². The van der Waals surface area contributed by atoms with Crippen LogP contribution in [0.2, 0.25) is 5.02 Å². The summed E-state index contributed by atoms with van der Waals surface area (Å²) in [5, 5.41) is 0.663. The number of nitrogens with two attached hydrogens (primary N) is 1. The third kappa shape index (κ3) is 3.73. The van der Waals surface area contributed by atoms with Crippen LogP contribution in [0.3, 0.4) is 0 Å². The van der Waals surface area contributed by atoms with Gasteiger partial charge in [-0.25, -0.2) is 5.43 Å². The van der Waals surface area contributed by atoms with Crippen LogP contribution in [0.1, 0.15) is 24.1 Å². The molecule has 0 aliphatic carbocycles. The van der Waals surface area contributed by atoms with Crippen molar-refractivity contribution in [3.05, 3.63) is 63.1 Å². The molecule has 0 aliphatic rings. The highest BCUT2D eigenvalue weighted by Crippen LogP contribution is 2.29. The number of nitrogens with one attached hydrogen (secondary N) is 1. The second kappa shape index (κ2) is 7.09. The summed E-state index contributed by atoms with van der Waals surface area (Å²) in [6.45, 7) is 2.59. The molecule has 0 saturated heterocycles. The van der Waals surface area contributed by atoms with Crippen LogP contribution in [0.15, 0.2) is 46.9 Å². The molecule has 2 aromatic carbocycles. The maximum absolute atomic E-state index is 6.10. The Morgan fingerprint density at radius 3 is 2.70 bits per heavy atom. The van der Waals surface area contributed by atoms with E-state index in [2.05, 4.69) is 21.4 Å². The highest BCUT2D eigenvalue weighted by Gasteiger charge is 2.14. The first-order valence-corrected chi connectivity index (χ1v) is 7.46. The Morgan fingerprint density at radius 1 is 1.25 bits per heavy atom. The molecule has 3 N–H and O–H groups in total. The summed E-state index contributed by atoms with van der Waals surface area (Å²) < 4.78 is 6.44. The fraction of sp³-hybridized carbons (Fsp3) is 0.200. The molecular formula is C15H16BrClN2O. The molecule has 0 amide bonds. The third-order valence-corrected chi connectivity index (χ3v) is 3.56. The Kier molecular flexibility index (Phi) is 5.43. The first-order chi connectivity index (χ1) is 9.63. The number of rotatable bonds is 5. The molecule has 0 fully saturated rings. The van der Waals surface area contributed by atoms with Crippen LogP contribution >= 0.6 is 27.5 Å². The number of hydrazine groups is 1. The maximum atomic E-state index is 6.10. The Bertz CT molecular complexity index is 572. The molecule has 2 aromatic rings. The molecule has 1 atom stereocenters. The molecule has 1 unspecified atom stereocenters. The summed E-state index contributed by atoms with van der Waals surface area (Å²) in [6, 6.07) is 13.4. The molecule has 0 aliphatic heterocycles. The monoisotopic (exact) mass is 354 g/mol. The van der Waals surface area contributed by atoms with Gasteiger partial charge in [0.2, 0.25) is 0 Å². The second-order valence-corrected chi connectivity index (χ2v) is 5.66. The predicted octanol–water partition coefficient (Wildman–Crippen LogP) is 4.05. The summed E-state index contributed by atoms with van der Waals surface area (Å²) in [5.74, 6) is 6.54. The van der Waals surface area contributed by atoms with Crippen molar-refractivity contribution < 1.29 is 4.74 Å². The lowest BCUT2D eigenvalue weighted by atomic mass is 9.99. The van der Waals surface area contributed by atoms with E-state index in [1.165, 1.54) is 0 Å². The van der Waals surface area contributed by atoms with Crippen molar-refractivity contribution >= 4 is 27.5 Å². The highest BCUT2D eigenvalue weighted by atomic mass is 79.9. The molecular weight excluding hydrogens is 340 g/mol. The lowest BCUT2D eigenvalue weighted by Crippen LogP contribution is -2.28. The van der Waals surface area contributed by atoms with Gasteiger partial charge in [-0.3, -0.25) is 5.84 Å². The molecule has 0 heterocycles. The van der Waals surface area contributed by atoms with Gasteiger partial charge < -0.3 is 4.74 Å². The second-order valence-electron chi connectivity index (χ2n) is 4.31. The van der Waals surface area contributed by atoms with E-state index in [9.17, 15) is 0 Å². The molecule has 106 valence electrons. The number of halogens is 2. The van der Waals surface area contributed by atoms with Crippen LogP contribution in [-0.2, 0) is 0 Å². The molecule has 0 radical (unpaired) electrons. The minimum absolute atomic E-state index is 0.148. The molecule has 0 aromatic heterocycles. The van der Waals surface area contributed by atoms with E-state index in [-0.39, 0.29) is 6.04 Å². The number of hydrogen-bond acceptors (Lipinski definition) is 3. The minimum atomic E-state index is -0.148. The normalized spacial score (nSPS) is 12.2. The van der Waals surface area contributed by atoms with E-state index >= 15 is 0 Å². The Hall–Kier alpha value is -1.07. The lowest BCUT2D eigenvalue weighted by molar-refractivity contribution is 0.339. The van der Waals surface area contributed by atoms with Gasteiger partial charge in [-0.05, 0) is 48.4 Å². The van der Waals surface area contributed by atoms with Gasteiger partial charge in [-0.2, -0.15) is 0 Å². The van der Waals surface area contributed by atoms with Crippen LogP contribution in [0.5, 0.6) is 5.75 Å². The van der Waals surface area contributed by atoms with Crippen LogP contribution in [-0.4, -0.2) is 6.61 Å². The Labute approximate surface area is 132 Å². The average molecular weight is 356 g/mol. The zero-order chi connectivity index (χ0) is 14.5. The van der Waals surface area contributed by atoms with Crippen molar-refractivity contribution in [2.75, 3.05) is 6.61 Å². The van der Waals surface area contributed by atoms with Gasteiger partial charge in [-0.15, -0.1) is 0 Å². The largest absolute Gasteiger partial charge is 0.494 e. The van der Waals surface area contributed by atoms with Crippen LogP contribution in [0, 0.1) is 0 Å². The lowest BCUT2D eigenvalue weighted by Gasteiger charge is -2.18. The molecule has 3 nitrogen and oxygen atoms in total. The summed E-state index contributed by atoms with van der Waals surface area (Å²) in [5.41, 5.74) is 4.83. The smallest absolute Gasteiger partial charge is 0.119 e. The summed E-state index contributed by atoms with van der Waals surface area (Å²) >= 11 is 9.54. The van der Waals surface area contributed by atoms with Crippen LogP contribution in [0.25, 0.3) is 0 Å². The van der Waals surface area contributed by atoms with Crippen LogP contribution in [0.4, 0.5) is 0 Å². The van der Waals surface area contributed by atoms with Gasteiger partial charge >= 0.3 is 0 Å². The van der Waals surface area contributed by atoms with Crippen molar-refractivity contribution in [3.63, 3.8) is 0 Å². The van der Waals surface area contributed by atoms with E-state index in [1.807, 2.05) is 49.4 Å². The molecule has 20 heavy (non-hydrogen) atoms. The van der Waals surface area contributed by atoms with Gasteiger partial charge in [0.1, 0.15) is 5.75 Å². The van der Waals surface area contributed by atoms with Crippen molar-refractivity contribution in [1.29, 1.82) is 0 Å². The molecule has 2 rings (SSSR count). The van der Waals surface area contributed by atoms with E-state index in [0.717, 1.165) is 21.3 Å². The zero-order valence-corrected chi connectivity index (χ0v) is 13.4. The van der Waals surface area contributed by atoms with Gasteiger partial charge in [-0.1, -0.05) is 39.7 Å². The Morgan fingerprint density at radius 2 is 2.05 bits per heavy atom. The third-order valence-electron chi connectivity index (χ3n) is 2.89. The van der Waals surface area contributed by atoms with E-state index < -0.39 is 0 Å². The first kappa shape index (κ1) is 15.3. The maximum Gasteiger partial charge on any atom is 0.119 e. The molecule has 5 heteroatoms. The van der Waals surface area contributed by atoms with Gasteiger partial charge in [0.05, 0.1) is 12.6 Å². The Balaban J connectivity index is 2.38. The summed E-state index contributed by atoms with van der Waals surface area (Å²) in [4.78, 5) is 0. The van der Waals surface area contributed by atoms with Crippen molar-refractivity contribution in [2.24, 2.45) is 5.84 Å². The summed E-state index contributed by atoms with van der Waals surface area (Å²) in [7, 11) is 0. The van der Waals surface area contributed by atoms with Crippen LogP contribution < -0.4 is 16.0 Å². The first-order valence-electron chi connectivity index (χ1n) is 6.29. The van der Waals surface area contributed by atoms with Crippen molar-refractivity contribution in [3.8, 4) is 5.75 Å². The van der Waals surface area contributed by atoms with E-state index in [4.69, 9.17) is 22.2 Å². The molecule has 0 bridgehead atoms. The summed E-state index contributed by atoms with van der Waals surface area (Å²) in [6.07, 6.45) is 0. The number of benzene rings is 2. The fourth-order valence-corrected chi connectivity index (χ4v) is 2.96. The predicted molar refractivity (Wildman–Crippen MR) is 85.9 cm³/mol. The van der Waals surface area contributed by atoms with Gasteiger partial charge in [0.25, 0.3) is 0 Å². The zero-order valence-electron chi connectivity index (χ0n) is 11.1. The SMILES string of the molecule is CCOc1cccc(C(NN)c2cc(Cl)cc(Br)c2)c1. The van der Waals surface area contributed by atoms with E-state index in [1.54, 1.807) is 0 Å². The van der Waals surface area contributed by atoms with Gasteiger partial charge in [0, 0.05) is 9.50 Å².